The molecule has 0 aromatic carbocycles. The number of fused-ring (bicyclic) bond motifs is 3. The molecule has 0 unspecified atom stereocenters. The number of hydrogen-bond donors (Lipinski definition) is 3. The van der Waals surface area contributed by atoms with E-state index in [1.807, 2.05) is 0 Å². The molecular weight excluding hydrogens is 600 g/mol. The summed E-state index contributed by atoms with van der Waals surface area (Å²) in [5, 5.41) is 16.3. The molecule has 5 rings (SSSR count). The molecule has 5 aliphatic rings. The topological polar surface area (TPSA) is 140 Å². The molecule has 10 nitrogen and oxygen atoms in total. The molecule has 1 aliphatic heterocycles. The van der Waals surface area contributed by atoms with Crippen LogP contribution in [-0.4, -0.2) is 74.5 Å². The van der Waals surface area contributed by atoms with Gasteiger partial charge in [0.05, 0.1) is 25.7 Å². The second kappa shape index (κ2) is 12.5. The Balaban J connectivity index is 1.53. The number of carbonyl (C=O) groups excluding carboxylic acids is 3. The molecule has 4 aliphatic carbocycles. The third-order valence-corrected chi connectivity index (χ3v) is 14.4. The van der Waals surface area contributed by atoms with Crippen LogP contribution in [0.2, 0.25) is 0 Å². The lowest BCUT2D eigenvalue weighted by Crippen LogP contribution is -2.70. The minimum absolute atomic E-state index is 0.0837. The second-order valence-electron chi connectivity index (χ2n) is 16.9. The number of carboxylic acid groups (broad SMARTS) is 1. The standard InChI is InChI=1S/C37H58N2O8/c1-21(2)22(3)33(5)14-15-35(7)24-10-11-27-34(6)19-45-20-37(27,25(24)12-13-36(35,8)30(33)32(43)44)16-26(46-23(4)40)31(34)47-29(42)18-39-28(41)17-38-9/h12,21-22,24,26-27,30-31,38H,10-11,13-20H2,1-9H3,(H,39,41)(H,43,44)/t22-,24+,26-,27+,30-,31+,33-,34+,35-,36+,37-/m1/s1. The third-order valence-electron chi connectivity index (χ3n) is 14.4. The molecule has 10 heteroatoms. The Labute approximate surface area is 280 Å². The van der Waals surface area contributed by atoms with Crippen molar-refractivity contribution in [1.82, 2.24) is 10.6 Å². The Kier molecular flexibility index (Phi) is 9.50. The van der Waals surface area contributed by atoms with Gasteiger partial charge in [0.1, 0.15) is 18.8 Å². The highest BCUT2D eigenvalue weighted by atomic mass is 16.6. The maximum absolute atomic E-state index is 13.3. The Morgan fingerprint density at radius 3 is 2.32 bits per heavy atom. The number of ether oxygens (including phenoxy) is 3. The van der Waals surface area contributed by atoms with Crippen molar-refractivity contribution in [1.29, 1.82) is 0 Å². The molecule has 2 bridgehead atoms. The summed E-state index contributed by atoms with van der Waals surface area (Å²) in [7, 11) is 1.65. The summed E-state index contributed by atoms with van der Waals surface area (Å²) in [5.74, 6) is -1.57. The molecule has 1 saturated heterocycles. The van der Waals surface area contributed by atoms with Crippen LogP contribution in [0.4, 0.5) is 0 Å². The first kappa shape index (κ1) is 35.8. The zero-order chi connectivity index (χ0) is 34.7. The van der Waals surface area contributed by atoms with Crippen molar-refractivity contribution < 1.29 is 38.5 Å². The number of likely N-dealkylation sites (N-methyl/N-ethyl adjacent to an activating group) is 1. The number of hydrogen-bond acceptors (Lipinski definition) is 8. The van der Waals surface area contributed by atoms with E-state index in [-0.39, 0.29) is 47.6 Å². The van der Waals surface area contributed by atoms with Crippen molar-refractivity contribution >= 4 is 23.8 Å². The van der Waals surface area contributed by atoms with Crippen LogP contribution in [0, 0.1) is 56.7 Å². The van der Waals surface area contributed by atoms with E-state index in [0.717, 1.165) is 25.7 Å². The molecule has 264 valence electrons. The van der Waals surface area contributed by atoms with Crippen molar-refractivity contribution in [2.75, 3.05) is 33.4 Å². The molecule has 4 fully saturated rings. The second-order valence-corrected chi connectivity index (χ2v) is 16.9. The lowest BCUT2D eigenvalue weighted by molar-refractivity contribution is -0.262. The molecule has 0 aromatic rings. The summed E-state index contributed by atoms with van der Waals surface area (Å²) in [6.07, 6.45) is 5.69. The number of carboxylic acids is 1. The number of carbonyl (C=O) groups is 4. The van der Waals surface area contributed by atoms with Gasteiger partial charge >= 0.3 is 17.9 Å². The number of esters is 2. The van der Waals surface area contributed by atoms with Gasteiger partial charge in [-0.05, 0) is 85.5 Å². The van der Waals surface area contributed by atoms with Crippen molar-refractivity contribution in [3.63, 3.8) is 0 Å². The van der Waals surface area contributed by atoms with E-state index < -0.39 is 52.3 Å². The molecule has 3 saturated carbocycles. The zero-order valence-electron chi connectivity index (χ0n) is 30.0. The van der Waals surface area contributed by atoms with Crippen molar-refractivity contribution in [2.45, 2.75) is 106 Å². The van der Waals surface area contributed by atoms with E-state index in [1.54, 1.807) is 7.05 Å². The van der Waals surface area contributed by atoms with Crippen molar-refractivity contribution in [2.24, 2.45) is 56.7 Å². The van der Waals surface area contributed by atoms with E-state index in [0.29, 0.717) is 32.0 Å². The molecule has 0 aromatic heterocycles. The van der Waals surface area contributed by atoms with Gasteiger partial charge in [-0.25, -0.2) is 0 Å². The summed E-state index contributed by atoms with van der Waals surface area (Å²) in [6.45, 7) is 17.6. The highest BCUT2D eigenvalue weighted by Crippen LogP contribution is 2.75. The smallest absolute Gasteiger partial charge is 0.325 e. The summed E-state index contributed by atoms with van der Waals surface area (Å²) >= 11 is 0. The van der Waals surface area contributed by atoms with Crippen LogP contribution in [-0.2, 0) is 33.4 Å². The van der Waals surface area contributed by atoms with Crippen LogP contribution < -0.4 is 10.6 Å². The first-order valence-corrected chi connectivity index (χ1v) is 17.7. The molecule has 0 spiro atoms. The number of nitrogens with one attached hydrogen (secondary N) is 2. The fourth-order valence-corrected chi connectivity index (χ4v) is 11.7. The van der Waals surface area contributed by atoms with E-state index in [4.69, 9.17) is 14.2 Å². The van der Waals surface area contributed by atoms with Gasteiger partial charge in [0.25, 0.3) is 0 Å². The van der Waals surface area contributed by atoms with Gasteiger partial charge in [-0.3, -0.25) is 19.2 Å². The number of amides is 1. The number of allylic oxidation sites excluding steroid dienone is 1. The molecular formula is C37H58N2O8. The largest absolute Gasteiger partial charge is 0.481 e. The average Bonchev–Trinajstić information content (AvgIpc) is 2.98. The van der Waals surface area contributed by atoms with Gasteiger partial charge in [-0.15, -0.1) is 0 Å². The number of aliphatic carboxylic acids is 1. The van der Waals surface area contributed by atoms with E-state index >= 15 is 0 Å². The molecule has 1 amide bonds. The Hall–Kier alpha value is -2.46. The monoisotopic (exact) mass is 658 g/mol. The van der Waals surface area contributed by atoms with Gasteiger partial charge in [0, 0.05) is 17.8 Å². The van der Waals surface area contributed by atoms with Gasteiger partial charge < -0.3 is 30.0 Å². The van der Waals surface area contributed by atoms with E-state index in [9.17, 15) is 24.3 Å². The number of rotatable bonds is 9. The van der Waals surface area contributed by atoms with Gasteiger partial charge in [-0.1, -0.05) is 60.1 Å². The highest BCUT2D eigenvalue weighted by molar-refractivity contribution is 5.83. The van der Waals surface area contributed by atoms with Crippen LogP contribution in [0.3, 0.4) is 0 Å². The summed E-state index contributed by atoms with van der Waals surface area (Å²) in [5.41, 5.74) is -0.728. The maximum atomic E-state index is 13.3. The van der Waals surface area contributed by atoms with Crippen LogP contribution >= 0.6 is 0 Å². The molecule has 0 radical (unpaired) electrons. The summed E-state index contributed by atoms with van der Waals surface area (Å²) in [4.78, 5) is 50.9. The summed E-state index contributed by atoms with van der Waals surface area (Å²) in [6, 6.07) is 0. The Morgan fingerprint density at radius 1 is 1.00 bits per heavy atom. The Bertz CT molecular complexity index is 1310. The third kappa shape index (κ3) is 5.44. The quantitative estimate of drug-likeness (QED) is 0.236. The van der Waals surface area contributed by atoms with Gasteiger partial charge in [-0.2, -0.15) is 0 Å². The van der Waals surface area contributed by atoms with Crippen LogP contribution in [0.15, 0.2) is 11.6 Å². The van der Waals surface area contributed by atoms with E-state index in [1.165, 1.54) is 12.5 Å². The fourth-order valence-electron chi connectivity index (χ4n) is 11.7. The molecule has 11 atom stereocenters. The predicted octanol–water partition coefficient (Wildman–Crippen LogP) is 4.75. The fraction of sp³-hybridized carbons (Fsp3) is 0.838. The van der Waals surface area contributed by atoms with Crippen molar-refractivity contribution in [3.05, 3.63) is 11.6 Å². The molecule has 3 N–H and O–H groups in total. The van der Waals surface area contributed by atoms with Gasteiger partial charge in [0.15, 0.2) is 0 Å². The van der Waals surface area contributed by atoms with Crippen molar-refractivity contribution in [3.8, 4) is 0 Å². The minimum Gasteiger partial charge on any atom is -0.481 e. The SMILES string of the molecule is CNCC(=O)NCC(=O)O[C@H]1[C@H](OC(C)=O)C[C@]23COC[C@@]1(C)[C@@H]2CC[C@H]1C3=CC[C@@]2(C)[C@H](C(=O)O)[C@@](C)([C@H](C)C(C)C)CC[C@]12C. The maximum Gasteiger partial charge on any atom is 0.325 e. The zero-order valence-corrected chi connectivity index (χ0v) is 30.0. The van der Waals surface area contributed by atoms with Crippen LogP contribution in [0.1, 0.15) is 93.9 Å². The lowest BCUT2D eigenvalue weighted by atomic mass is 9.34. The normalized spacial score (nSPS) is 42.9. The van der Waals surface area contributed by atoms with E-state index in [2.05, 4.69) is 65.2 Å². The highest BCUT2D eigenvalue weighted by Gasteiger charge is 2.72. The first-order valence-electron chi connectivity index (χ1n) is 17.7. The Morgan fingerprint density at radius 2 is 1.70 bits per heavy atom. The minimum atomic E-state index is -0.732. The molecule has 1 heterocycles. The average molecular weight is 659 g/mol. The van der Waals surface area contributed by atoms with Crippen LogP contribution in [0.25, 0.3) is 0 Å². The summed E-state index contributed by atoms with van der Waals surface area (Å²) < 4.78 is 18.6. The van der Waals surface area contributed by atoms with Crippen LogP contribution in [0.5, 0.6) is 0 Å². The lowest BCUT2D eigenvalue weighted by Gasteiger charge is -2.71. The van der Waals surface area contributed by atoms with Gasteiger partial charge in [0.2, 0.25) is 5.91 Å². The first-order chi connectivity index (χ1) is 21.9. The predicted molar refractivity (Wildman–Crippen MR) is 176 cm³/mol. The molecule has 47 heavy (non-hydrogen) atoms.